The van der Waals surface area contributed by atoms with Crippen LogP contribution in [0.15, 0.2) is 30.6 Å². The van der Waals surface area contributed by atoms with Crippen molar-refractivity contribution in [2.75, 3.05) is 20.1 Å². The summed E-state index contributed by atoms with van der Waals surface area (Å²) >= 11 is 0. The van der Waals surface area contributed by atoms with E-state index in [0.29, 0.717) is 30.8 Å². The summed E-state index contributed by atoms with van der Waals surface area (Å²) < 4.78 is 37.1. The fourth-order valence-corrected chi connectivity index (χ4v) is 3.30. The highest BCUT2D eigenvalue weighted by Crippen LogP contribution is 2.42. The number of hydrogen-bond donors (Lipinski definition) is 1. The number of aromatic nitrogens is 2. The molecular weight excluding hydrogens is 332 g/mol. The third-order valence-electron chi connectivity index (χ3n) is 4.76. The van der Waals surface area contributed by atoms with E-state index < -0.39 is 11.9 Å². The smallest absolute Gasteiger partial charge is 0.395 e. The van der Waals surface area contributed by atoms with Crippen molar-refractivity contribution in [2.45, 2.75) is 31.3 Å². The molecule has 4 rings (SSSR count). The number of imidazole rings is 1. The van der Waals surface area contributed by atoms with E-state index in [-0.39, 0.29) is 11.5 Å². The van der Waals surface area contributed by atoms with Crippen LogP contribution in [0.25, 0.3) is 11.4 Å². The number of halogens is 2. The van der Waals surface area contributed by atoms with Gasteiger partial charge in [0.15, 0.2) is 11.5 Å². The van der Waals surface area contributed by atoms with E-state index in [4.69, 9.17) is 0 Å². The van der Waals surface area contributed by atoms with Crippen molar-refractivity contribution < 1.29 is 23.4 Å². The first kappa shape index (κ1) is 16.3. The zero-order valence-corrected chi connectivity index (χ0v) is 13.8. The molecule has 2 aromatic rings. The molecule has 0 bridgehead atoms. The summed E-state index contributed by atoms with van der Waals surface area (Å²) in [6.45, 7) is 2.07. The normalized spacial score (nSPS) is 21.4. The van der Waals surface area contributed by atoms with Crippen molar-refractivity contribution in [3.8, 4) is 22.9 Å². The third-order valence-corrected chi connectivity index (χ3v) is 4.76. The van der Waals surface area contributed by atoms with E-state index in [1.54, 1.807) is 18.5 Å². The third kappa shape index (κ3) is 3.19. The Balaban J connectivity index is 1.59. The van der Waals surface area contributed by atoms with Crippen molar-refractivity contribution in [3.05, 3.63) is 30.6 Å². The van der Waals surface area contributed by atoms with E-state index in [1.807, 2.05) is 11.6 Å². The Morgan fingerprint density at radius 3 is 2.68 bits per heavy atom. The lowest BCUT2D eigenvalue weighted by Gasteiger charge is -2.37. The summed E-state index contributed by atoms with van der Waals surface area (Å²) in [7, 11) is 2.03. The second kappa shape index (κ2) is 5.67. The summed E-state index contributed by atoms with van der Waals surface area (Å²) in [6, 6.07) is 4.57. The molecule has 0 unspecified atom stereocenters. The minimum absolute atomic E-state index is 0.000743. The number of rotatable bonds is 3. The van der Waals surface area contributed by atoms with Crippen LogP contribution in [-0.2, 0) is 6.54 Å². The van der Waals surface area contributed by atoms with Gasteiger partial charge in [-0.3, -0.25) is 0 Å². The van der Waals surface area contributed by atoms with Crippen molar-refractivity contribution >= 4 is 0 Å². The summed E-state index contributed by atoms with van der Waals surface area (Å²) in [4.78, 5) is 6.50. The number of likely N-dealkylation sites (tertiary alicyclic amines) is 1. The van der Waals surface area contributed by atoms with Crippen molar-refractivity contribution in [1.29, 1.82) is 0 Å². The number of ether oxygens (including phenoxy) is 2. The van der Waals surface area contributed by atoms with Gasteiger partial charge in [-0.2, -0.15) is 0 Å². The maximum Gasteiger partial charge on any atom is 0.586 e. The molecule has 0 radical (unpaired) electrons. The van der Waals surface area contributed by atoms with Gasteiger partial charge in [0.1, 0.15) is 5.82 Å². The second-order valence-electron chi connectivity index (χ2n) is 6.74. The molecule has 6 nitrogen and oxygen atoms in total. The second-order valence-corrected chi connectivity index (χ2v) is 6.74. The molecule has 2 aliphatic heterocycles. The molecule has 2 aliphatic rings. The zero-order valence-electron chi connectivity index (χ0n) is 13.8. The van der Waals surface area contributed by atoms with Crippen LogP contribution >= 0.6 is 0 Å². The monoisotopic (exact) mass is 351 g/mol. The first-order valence-electron chi connectivity index (χ1n) is 8.16. The van der Waals surface area contributed by atoms with Crippen LogP contribution < -0.4 is 9.47 Å². The Labute approximate surface area is 143 Å². The van der Waals surface area contributed by atoms with Gasteiger partial charge in [-0.05, 0) is 38.1 Å². The molecule has 3 heterocycles. The van der Waals surface area contributed by atoms with E-state index in [0.717, 1.165) is 13.1 Å². The molecule has 134 valence electrons. The van der Waals surface area contributed by atoms with Gasteiger partial charge in [-0.25, -0.2) is 4.98 Å². The van der Waals surface area contributed by atoms with Gasteiger partial charge >= 0.3 is 6.29 Å². The lowest BCUT2D eigenvalue weighted by atomic mass is 9.91. The Bertz CT molecular complexity index is 785. The van der Waals surface area contributed by atoms with Gasteiger partial charge in [0, 0.05) is 31.0 Å². The predicted octanol–water partition coefficient (Wildman–Crippen LogP) is 2.33. The molecule has 1 aromatic heterocycles. The average molecular weight is 351 g/mol. The SMILES string of the molecule is CN1CCC(O)(Cn2ccnc2-c2ccc3c(c2)OC(F)(F)O3)CC1. The highest BCUT2D eigenvalue weighted by Gasteiger charge is 2.43. The Kier molecular flexibility index (Phi) is 3.69. The van der Waals surface area contributed by atoms with E-state index >= 15 is 0 Å². The number of nitrogens with zero attached hydrogens (tertiary/aromatic N) is 3. The summed E-state index contributed by atoms with van der Waals surface area (Å²) in [6.07, 6.45) is 1.13. The molecule has 0 spiro atoms. The quantitative estimate of drug-likeness (QED) is 0.920. The molecule has 8 heteroatoms. The van der Waals surface area contributed by atoms with Gasteiger partial charge < -0.3 is 24.0 Å². The number of fused-ring (bicyclic) bond motifs is 1. The number of benzene rings is 1. The highest BCUT2D eigenvalue weighted by molar-refractivity contribution is 5.62. The van der Waals surface area contributed by atoms with Crippen LogP contribution in [0.3, 0.4) is 0 Å². The Morgan fingerprint density at radius 2 is 1.92 bits per heavy atom. The molecule has 0 amide bonds. The Hall–Kier alpha value is -2.19. The number of alkyl halides is 2. The van der Waals surface area contributed by atoms with Crippen LogP contribution in [0, 0.1) is 0 Å². The first-order chi connectivity index (χ1) is 11.8. The zero-order chi connectivity index (χ0) is 17.7. The van der Waals surface area contributed by atoms with Gasteiger partial charge in [0.2, 0.25) is 0 Å². The summed E-state index contributed by atoms with van der Waals surface area (Å²) in [5, 5.41) is 10.8. The topological polar surface area (TPSA) is 59.8 Å². The molecule has 25 heavy (non-hydrogen) atoms. The standard InChI is InChI=1S/C17H19F2N3O3/c1-21-7-4-16(23,5-8-21)11-22-9-6-20-15(22)12-2-3-13-14(10-12)25-17(18,19)24-13/h2-3,6,9-10,23H,4-5,7-8,11H2,1H3. The van der Waals surface area contributed by atoms with Crippen LogP contribution in [0.5, 0.6) is 11.5 Å². The van der Waals surface area contributed by atoms with Crippen LogP contribution in [-0.4, -0.2) is 51.6 Å². The highest BCUT2D eigenvalue weighted by atomic mass is 19.3. The average Bonchev–Trinajstić information content (AvgIpc) is 3.11. The minimum atomic E-state index is -3.64. The van der Waals surface area contributed by atoms with Gasteiger partial charge in [0.05, 0.1) is 12.1 Å². The molecule has 0 atom stereocenters. The van der Waals surface area contributed by atoms with Crippen molar-refractivity contribution in [3.63, 3.8) is 0 Å². The maximum absolute atomic E-state index is 13.2. The van der Waals surface area contributed by atoms with E-state index in [2.05, 4.69) is 19.4 Å². The fraction of sp³-hybridized carbons (Fsp3) is 0.471. The van der Waals surface area contributed by atoms with Crippen molar-refractivity contribution in [2.24, 2.45) is 0 Å². The van der Waals surface area contributed by atoms with Gasteiger partial charge in [-0.15, -0.1) is 8.78 Å². The lowest BCUT2D eigenvalue weighted by molar-refractivity contribution is -0.286. The molecular formula is C17H19F2N3O3. The summed E-state index contributed by atoms with van der Waals surface area (Å²) in [5.41, 5.74) is -0.174. The van der Waals surface area contributed by atoms with Crippen LogP contribution in [0.1, 0.15) is 12.8 Å². The largest absolute Gasteiger partial charge is 0.586 e. The molecule has 1 saturated heterocycles. The number of piperidine rings is 1. The predicted molar refractivity (Wildman–Crippen MR) is 85.5 cm³/mol. The molecule has 0 aliphatic carbocycles. The molecule has 1 fully saturated rings. The molecule has 0 saturated carbocycles. The van der Waals surface area contributed by atoms with E-state index in [1.165, 1.54) is 12.1 Å². The van der Waals surface area contributed by atoms with Crippen molar-refractivity contribution in [1.82, 2.24) is 14.5 Å². The first-order valence-corrected chi connectivity index (χ1v) is 8.16. The minimum Gasteiger partial charge on any atom is -0.395 e. The van der Waals surface area contributed by atoms with Gasteiger partial charge in [-0.1, -0.05) is 0 Å². The lowest BCUT2D eigenvalue weighted by Crippen LogP contribution is -2.45. The number of aliphatic hydroxyl groups is 1. The van der Waals surface area contributed by atoms with E-state index in [9.17, 15) is 13.9 Å². The molecule has 1 aromatic carbocycles. The maximum atomic E-state index is 13.2. The van der Waals surface area contributed by atoms with Crippen LogP contribution in [0.4, 0.5) is 8.78 Å². The fourth-order valence-electron chi connectivity index (χ4n) is 3.30. The van der Waals surface area contributed by atoms with Crippen LogP contribution in [0.2, 0.25) is 0 Å². The number of hydrogen-bond acceptors (Lipinski definition) is 5. The Morgan fingerprint density at radius 1 is 1.20 bits per heavy atom. The molecule has 1 N–H and O–H groups in total. The summed E-state index contributed by atoms with van der Waals surface area (Å²) in [5.74, 6) is 0.574. The van der Waals surface area contributed by atoms with Gasteiger partial charge in [0.25, 0.3) is 0 Å².